The predicted octanol–water partition coefficient (Wildman–Crippen LogP) is 4.62. The highest BCUT2D eigenvalue weighted by Crippen LogP contribution is 2.30. The molecule has 0 unspecified atom stereocenters. The first kappa shape index (κ1) is 23.3. The van der Waals surface area contributed by atoms with E-state index < -0.39 is 11.6 Å². The number of halogens is 1. The lowest BCUT2D eigenvalue weighted by molar-refractivity contribution is 0.102. The summed E-state index contributed by atoms with van der Waals surface area (Å²) in [6.07, 6.45) is 3.17. The summed E-state index contributed by atoms with van der Waals surface area (Å²) in [5.74, 6) is 0.220. The van der Waals surface area contributed by atoms with E-state index in [1.54, 1.807) is 18.3 Å². The molecule has 34 heavy (non-hydrogen) atoms. The molecule has 3 aromatic rings. The van der Waals surface area contributed by atoms with E-state index in [2.05, 4.69) is 26.3 Å². The molecule has 0 spiro atoms. The molecule has 4 rings (SSSR count). The normalized spacial score (nSPS) is 13.9. The summed E-state index contributed by atoms with van der Waals surface area (Å²) in [5, 5.41) is 12.6. The molecule has 1 amide bonds. The molecule has 0 aliphatic carbocycles. The van der Waals surface area contributed by atoms with Gasteiger partial charge in [0, 0.05) is 36.7 Å². The standard InChI is InChI=1S/C26H26FN5O2/c1-17-4-5-21(31-25(33)23-13-20(6-7-29-23)26(2,3)27)14-22(17)19-12-18(15-28)24(30-16-19)32-8-10-34-11-9-32/h4-7,12-14,16H,8-11H2,1-3H3,(H,31,33). The molecular weight excluding hydrogens is 433 g/mol. The number of amides is 1. The second-order valence-electron chi connectivity index (χ2n) is 8.69. The molecule has 7 nitrogen and oxygen atoms in total. The van der Waals surface area contributed by atoms with Gasteiger partial charge in [-0.1, -0.05) is 6.07 Å². The van der Waals surface area contributed by atoms with Crippen molar-refractivity contribution in [1.29, 1.82) is 5.26 Å². The lowest BCUT2D eigenvalue weighted by Crippen LogP contribution is -2.37. The molecule has 1 aromatic carbocycles. The van der Waals surface area contributed by atoms with Crippen LogP contribution in [0.4, 0.5) is 15.9 Å². The van der Waals surface area contributed by atoms with Crippen molar-refractivity contribution in [3.63, 3.8) is 0 Å². The Labute approximate surface area is 198 Å². The zero-order chi connectivity index (χ0) is 24.3. The molecule has 1 N–H and O–H groups in total. The maximum absolute atomic E-state index is 14.3. The van der Waals surface area contributed by atoms with Crippen LogP contribution in [0.25, 0.3) is 11.1 Å². The number of rotatable bonds is 5. The van der Waals surface area contributed by atoms with Crippen molar-refractivity contribution in [2.45, 2.75) is 26.4 Å². The number of anilines is 2. The molecular formula is C26H26FN5O2. The molecule has 1 fully saturated rings. The second kappa shape index (κ2) is 9.57. The highest BCUT2D eigenvalue weighted by molar-refractivity contribution is 6.03. The first-order valence-corrected chi connectivity index (χ1v) is 11.1. The van der Waals surface area contributed by atoms with Gasteiger partial charge in [-0.15, -0.1) is 0 Å². The number of alkyl halides is 1. The van der Waals surface area contributed by atoms with E-state index in [1.807, 2.05) is 25.1 Å². The molecule has 2 aromatic heterocycles. The second-order valence-corrected chi connectivity index (χ2v) is 8.69. The summed E-state index contributed by atoms with van der Waals surface area (Å²) >= 11 is 0. The van der Waals surface area contributed by atoms with Gasteiger partial charge in [-0.25, -0.2) is 9.37 Å². The summed E-state index contributed by atoms with van der Waals surface area (Å²) in [5.41, 5.74) is 2.59. The third-order valence-corrected chi connectivity index (χ3v) is 5.78. The van der Waals surface area contributed by atoms with Gasteiger partial charge in [0.1, 0.15) is 23.2 Å². The number of nitriles is 1. The first-order valence-electron chi connectivity index (χ1n) is 11.1. The summed E-state index contributed by atoms with van der Waals surface area (Å²) in [4.78, 5) is 23.5. The average molecular weight is 460 g/mol. The number of aromatic nitrogens is 2. The van der Waals surface area contributed by atoms with Crippen molar-refractivity contribution in [2.75, 3.05) is 36.5 Å². The number of carbonyl (C=O) groups excluding carboxylic acids is 1. The van der Waals surface area contributed by atoms with E-state index in [1.165, 1.54) is 26.1 Å². The van der Waals surface area contributed by atoms with Crippen molar-refractivity contribution in [3.05, 3.63) is 71.2 Å². The zero-order valence-corrected chi connectivity index (χ0v) is 19.4. The Morgan fingerprint density at radius 2 is 1.94 bits per heavy atom. The topological polar surface area (TPSA) is 91.1 Å². The van der Waals surface area contributed by atoms with Crippen LogP contribution in [0.1, 0.15) is 41.0 Å². The maximum Gasteiger partial charge on any atom is 0.274 e. The van der Waals surface area contributed by atoms with Crippen LogP contribution in [0.15, 0.2) is 48.8 Å². The summed E-state index contributed by atoms with van der Waals surface area (Å²) in [6, 6.07) is 12.6. The Hall–Kier alpha value is -3.83. The smallest absolute Gasteiger partial charge is 0.274 e. The van der Waals surface area contributed by atoms with Gasteiger partial charge in [0.15, 0.2) is 0 Å². The highest BCUT2D eigenvalue weighted by Gasteiger charge is 2.21. The minimum absolute atomic E-state index is 0.133. The fraction of sp³-hybridized carbons (Fsp3) is 0.308. The van der Waals surface area contributed by atoms with Crippen LogP contribution in [0.3, 0.4) is 0 Å². The fourth-order valence-electron chi connectivity index (χ4n) is 3.84. The van der Waals surface area contributed by atoms with Crippen LogP contribution in [0.5, 0.6) is 0 Å². The Balaban J connectivity index is 1.60. The van der Waals surface area contributed by atoms with E-state index in [9.17, 15) is 14.4 Å². The monoisotopic (exact) mass is 459 g/mol. The van der Waals surface area contributed by atoms with E-state index >= 15 is 0 Å². The quantitative estimate of drug-likeness (QED) is 0.599. The van der Waals surface area contributed by atoms with Crippen LogP contribution >= 0.6 is 0 Å². The number of hydrogen-bond donors (Lipinski definition) is 1. The number of hydrogen-bond acceptors (Lipinski definition) is 6. The largest absolute Gasteiger partial charge is 0.378 e. The number of ether oxygens (including phenoxy) is 1. The summed E-state index contributed by atoms with van der Waals surface area (Å²) < 4.78 is 19.7. The van der Waals surface area contributed by atoms with Crippen molar-refractivity contribution >= 4 is 17.4 Å². The first-order chi connectivity index (χ1) is 16.3. The lowest BCUT2D eigenvalue weighted by Gasteiger charge is -2.28. The number of aryl methyl sites for hydroxylation is 1. The predicted molar refractivity (Wildman–Crippen MR) is 128 cm³/mol. The number of nitrogens with zero attached hydrogens (tertiary/aromatic N) is 4. The Morgan fingerprint density at radius 3 is 2.65 bits per heavy atom. The molecule has 8 heteroatoms. The van der Waals surface area contributed by atoms with Crippen LogP contribution in [-0.2, 0) is 10.4 Å². The molecule has 0 radical (unpaired) electrons. The van der Waals surface area contributed by atoms with E-state index in [0.29, 0.717) is 48.9 Å². The van der Waals surface area contributed by atoms with Crippen LogP contribution in [0.2, 0.25) is 0 Å². The van der Waals surface area contributed by atoms with Gasteiger partial charge in [0.05, 0.1) is 18.8 Å². The van der Waals surface area contributed by atoms with E-state index in [-0.39, 0.29) is 5.69 Å². The SMILES string of the molecule is Cc1ccc(NC(=O)c2cc(C(C)(C)F)ccn2)cc1-c1cnc(N2CCOCC2)c(C#N)c1. The Bertz CT molecular complexity index is 1260. The molecule has 1 aliphatic rings. The summed E-state index contributed by atoms with van der Waals surface area (Å²) in [6.45, 7) is 7.42. The molecule has 0 bridgehead atoms. The van der Waals surface area contributed by atoms with Crippen LogP contribution in [0, 0.1) is 18.3 Å². The lowest BCUT2D eigenvalue weighted by atomic mass is 9.99. The van der Waals surface area contributed by atoms with E-state index in [4.69, 9.17) is 4.74 Å². The zero-order valence-electron chi connectivity index (χ0n) is 19.4. The van der Waals surface area contributed by atoms with Crippen molar-refractivity contribution in [1.82, 2.24) is 9.97 Å². The number of pyridine rings is 2. The van der Waals surface area contributed by atoms with Gasteiger partial charge in [0.2, 0.25) is 0 Å². The maximum atomic E-state index is 14.3. The van der Waals surface area contributed by atoms with Gasteiger partial charge < -0.3 is 15.0 Å². The fourth-order valence-corrected chi connectivity index (χ4v) is 3.84. The highest BCUT2D eigenvalue weighted by atomic mass is 19.1. The molecule has 0 atom stereocenters. The molecule has 3 heterocycles. The van der Waals surface area contributed by atoms with Crippen LogP contribution < -0.4 is 10.2 Å². The number of nitrogens with one attached hydrogen (secondary N) is 1. The van der Waals surface area contributed by atoms with Crippen molar-refractivity contribution < 1.29 is 13.9 Å². The van der Waals surface area contributed by atoms with Gasteiger partial charge in [0.25, 0.3) is 5.91 Å². The molecule has 174 valence electrons. The third kappa shape index (κ3) is 5.05. The van der Waals surface area contributed by atoms with Crippen LogP contribution in [-0.4, -0.2) is 42.2 Å². The van der Waals surface area contributed by atoms with Crippen molar-refractivity contribution in [3.8, 4) is 17.2 Å². The number of carbonyl (C=O) groups is 1. The Morgan fingerprint density at radius 1 is 1.18 bits per heavy atom. The molecule has 0 saturated carbocycles. The minimum Gasteiger partial charge on any atom is -0.378 e. The van der Waals surface area contributed by atoms with Gasteiger partial charge in [-0.2, -0.15) is 5.26 Å². The van der Waals surface area contributed by atoms with Gasteiger partial charge >= 0.3 is 0 Å². The number of morpholine rings is 1. The average Bonchev–Trinajstić information content (AvgIpc) is 2.85. The Kier molecular flexibility index (Phi) is 6.57. The molecule has 1 saturated heterocycles. The van der Waals surface area contributed by atoms with Gasteiger partial charge in [-0.3, -0.25) is 9.78 Å². The van der Waals surface area contributed by atoms with Crippen molar-refractivity contribution in [2.24, 2.45) is 0 Å². The van der Waals surface area contributed by atoms with Gasteiger partial charge in [-0.05, 0) is 67.8 Å². The van der Waals surface area contributed by atoms with E-state index in [0.717, 1.165) is 16.7 Å². The minimum atomic E-state index is -1.58. The molecule has 1 aliphatic heterocycles. The summed E-state index contributed by atoms with van der Waals surface area (Å²) in [7, 11) is 0. The number of benzene rings is 1. The third-order valence-electron chi connectivity index (χ3n) is 5.78.